The molecule has 122 valence electrons. The smallest absolute Gasteiger partial charge is 0.207 e. The molecular weight excluding hydrogens is 327 g/mol. The van der Waals surface area contributed by atoms with E-state index in [0.717, 1.165) is 11.1 Å². The number of halogens is 1. The fourth-order valence-corrected chi connectivity index (χ4v) is 4.10. The van der Waals surface area contributed by atoms with Gasteiger partial charge < -0.3 is 0 Å². The first-order valence-electron chi connectivity index (χ1n) is 7.46. The van der Waals surface area contributed by atoms with E-state index in [1.165, 1.54) is 28.6 Å². The summed E-state index contributed by atoms with van der Waals surface area (Å²) in [4.78, 5) is 0.125. The molecule has 1 heterocycles. The molecule has 0 spiro atoms. The molecule has 1 aliphatic rings. The van der Waals surface area contributed by atoms with E-state index in [-0.39, 0.29) is 17.3 Å². The predicted octanol–water partition coefficient (Wildman–Crippen LogP) is 3.18. The zero-order valence-electron chi connectivity index (χ0n) is 12.8. The van der Waals surface area contributed by atoms with Gasteiger partial charge in [0.05, 0.1) is 16.5 Å². The van der Waals surface area contributed by atoms with Crippen molar-refractivity contribution in [2.24, 2.45) is 0 Å². The molecule has 3 rings (SSSR count). The van der Waals surface area contributed by atoms with Crippen molar-refractivity contribution >= 4 is 15.6 Å². The molecule has 0 N–H and O–H groups in total. The number of hydrogen-bond acceptors (Lipinski definition) is 3. The van der Waals surface area contributed by atoms with Gasteiger partial charge in [-0.1, -0.05) is 24.3 Å². The topological polar surface area (TPSA) is 61.2 Å². The van der Waals surface area contributed by atoms with Crippen LogP contribution in [-0.4, -0.2) is 25.8 Å². The Hall–Kier alpha value is -2.49. The van der Waals surface area contributed by atoms with Crippen molar-refractivity contribution < 1.29 is 12.8 Å². The third kappa shape index (κ3) is 3.23. The minimum Gasteiger partial charge on any atom is -0.207 e. The van der Waals surface area contributed by atoms with Crippen LogP contribution in [0.3, 0.4) is 0 Å². The fraction of sp³-hybridized carbons (Fsp3) is 0.167. The molecule has 0 aliphatic carbocycles. The highest BCUT2D eigenvalue weighted by molar-refractivity contribution is 7.89. The highest BCUT2D eigenvalue weighted by Crippen LogP contribution is 2.26. The first-order valence-corrected chi connectivity index (χ1v) is 8.90. The molecule has 24 heavy (non-hydrogen) atoms. The lowest BCUT2D eigenvalue weighted by Crippen LogP contribution is -2.34. The van der Waals surface area contributed by atoms with E-state index < -0.39 is 10.0 Å². The largest absolute Gasteiger partial charge is 0.243 e. The van der Waals surface area contributed by atoms with Crippen molar-refractivity contribution in [3.63, 3.8) is 0 Å². The van der Waals surface area contributed by atoms with Crippen molar-refractivity contribution in [2.45, 2.75) is 11.3 Å². The second-order valence-electron chi connectivity index (χ2n) is 5.49. The summed E-state index contributed by atoms with van der Waals surface area (Å²) in [7, 11) is -3.63. The molecule has 0 radical (unpaired) electrons. The van der Waals surface area contributed by atoms with Gasteiger partial charge in [-0.15, -0.1) is 0 Å². The van der Waals surface area contributed by atoms with E-state index in [1.807, 2.05) is 12.1 Å². The first kappa shape index (κ1) is 16.4. The minimum absolute atomic E-state index is 0.125. The van der Waals surface area contributed by atoms with Crippen molar-refractivity contribution in [3.05, 3.63) is 71.6 Å². The van der Waals surface area contributed by atoms with Gasteiger partial charge in [0.15, 0.2) is 0 Å². The lowest BCUT2D eigenvalue weighted by molar-refractivity contribution is 0.441. The summed E-state index contributed by atoms with van der Waals surface area (Å²) in [5.74, 6) is -0.295. The van der Waals surface area contributed by atoms with Crippen molar-refractivity contribution in [1.82, 2.24) is 4.31 Å². The third-order valence-corrected chi connectivity index (χ3v) is 5.85. The highest BCUT2D eigenvalue weighted by atomic mass is 32.2. The van der Waals surface area contributed by atoms with Crippen molar-refractivity contribution in [1.29, 1.82) is 5.26 Å². The summed E-state index contributed by atoms with van der Waals surface area (Å²) in [5, 5.41) is 8.92. The summed E-state index contributed by atoms with van der Waals surface area (Å²) < 4.78 is 39.7. The molecule has 2 aromatic rings. The maximum absolute atomic E-state index is 13.0. The average molecular weight is 342 g/mol. The van der Waals surface area contributed by atoms with Crippen molar-refractivity contribution in [2.75, 3.05) is 13.1 Å². The molecule has 1 aliphatic heterocycles. The molecule has 0 bridgehead atoms. The Labute approximate surface area is 140 Å². The number of hydrogen-bond donors (Lipinski definition) is 0. The van der Waals surface area contributed by atoms with Crippen LogP contribution in [0, 0.1) is 17.1 Å². The van der Waals surface area contributed by atoms with Crippen LogP contribution in [0.2, 0.25) is 0 Å². The van der Waals surface area contributed by atoms with E-state index in [1.54, 1.807) is 24.3 Å². The van der Waals surface area contributed by atoms with Crippen LogP contribution in [0.4, 0.5) is 4.39 Å². The second-order valence-corrected chi connectivity index (χ2v) is 7.43. The zero-order chi connectivity index (χ0) is 17.2. The van der Waals surface area contributed by atoms with Crippen LogP contribution in [0.25, 0.3) is 5.57 Å². The van der Waals surface area contributed by atoms with Gasteiger partial charge >= 0.3 is 0 Å². The van der Waals surface area contributed by atoms with E-state index in [2.05, 4.69) is 0 Å². The van der Waals surface area contributed by atoms with Crippen LogP contribution in [0.15, 0.2) is 59.5 Å². The number of benzene rings is 2. The first-order chi connectivity index (χ1) is 11.5. The average Bonchev–Trinajstić information content (AvgIpc) is 2.62. The monoisotopic (exact) mass is 342 g/mol. The molecule has 2 aromatic carbocycles. The molecular formula is C18H15FN2O2S. The molecule has 0 fully saturated rings. The van der Waals surface area contributed by atoms with Crippen molar-refractivity contribution in [3.8, 4) is 6.07 Å². The minimum atomic E-state index is -3.63. The Morgan fingerprint density at radius 1 is 1.12 bits per heavy atom. The van der Waals surface area contributed by atoms with Crippen LogP contribution in [-0.2, 0) is 10.0 Å². The Morgan fingerprint density at radius 2 is 1.88 bits per heavy atom. The number of nitriles is 1. The van der Waals surface area contributed by atoms with Gasteiger partial charge in [-0.05, 0) is 47.9 Å². The number of sulfonamides is 1. The Morgan fingerprint density at radius 3 is 2.50 bits per heavy atom. The SMILES string of the molecule is N#Cc1cccc(S(=O)(=O)N2CC=C(c3ccc(F)cc3)CC2)c1. The molecule has 6 heteroatoms. The van der Waals surface area contributed by atoms with Gasteiger partial charge in [-0.2, -0.15) is 9.57 Å². The van der Waals surface area contributed by atoms with Gasteiger partial charge in [0.2, 0.25) is 10.0 Å². The highest BCUT2D eigenvalue weighted by Gasteiger charge is 2.26. The number of rotatable bonds is 3. The summed E-state index contributed by atoms with van der Waals surface area (Å²) in [5.41, 5.74) is 2.22. The van der Waals surface area contributed by atoms with Crippen LogP contribution < -0.4 is 0 Å². The van der Waals surface area contributed by atoms with Gasteiger partial charge in [0, 0.05) is 13.1 Å². The zero-order valence-corrected chi connectivity index (χ0v) is 13.6. The molecule has 0 atom stereocenters. The van der Waals surface area contributed by atoms with E-state index in [4.69, 9.17) is 5.26 Å². The van der Waals surface area contributed by atoms with Crippen LogP contribution in [0.1, 0.15) is 17.5 Å². The molecule has 0 amide bonds. The molecule has 0 saturated carbocycles. The Bertz CT molecular complexity index is 928. The van der Waals surface area contributed by atoms with Gasteiger partial charge in [-0.25, -0.2) is 12.8 Å². The molecule has 0 aromatic heterocycles. The van der Waals surface area contributed by atoms with Gasteiger partial charge in [0.25, 0.3) is 0 Å². The quantitative estimate of drug-likeness (QED) is 0.861. The standard InChI is InChI=1S/C18H15FN2O2S/c19-17-6-4-15(5-7-17)16-8-10-21(11-9-16)24(22,23)18-3-1-2-14(12-18)13-20/h1-8,12H,9-11H2. The van der Waals surface area contributed by atoms with Crippen LogP contribution >= 0.6 is 0 Å². The molecule has 4 nitrogen and oxygen atoms in total. The van der Waals surface area contributed by atoms with Gasteiger partial charge in [0.1, 0.15) is 5.82 Å². The van der Waals surface area contributed by atoms with E-state index in [0.29, 0.717) is 18.5 Å². The van der Waals surface area contributed by atoms with E-state index >= 15 is 0 Å². The summed E-state index contributed by atoms with van der Waals surface area (Å²) >= 11 is 0. The maximum atomic E-state index is 13.0. The fourth-order valence-electron chi connectivity index (χ4n) is 2.67. The Balaban J connectivity index is 1.82. The Kier molecular flexibility index (Phi) is 4.47. The normalized spacial score (nSPS) is 15.6. The number of nitrogens with zero attached hydrogens (tertiary/aromatic N) is 2. The summed E-state index contributed by atoms with van der Waals surface area (Å²) in [6, 6.07) is 14.1. The lowest BCUT2D eigenvalue weighted by Gasteiger charge is -2.26. The second kappa shape index (κ2) is 6.56. The lowest BCUT2D eigenvalue weighted by atomic mass is 10.0. The summed E-state index contributed by atoms with van der Waals surface area (Å²) in [6.45, 7) is 0.605. The predicted molar refractivity (Wildman–Crippen MR) is 88.9 cm³/mol. The van der Waals surface area contributed by atoms with E-state index in [9.17, 15) is 12.8 Å². The third-order valence-electron chi connectivity index (χ3n) is 3.99. The summed E-state index contributed by atoms with van der Waals surface area (Å²) in [6.07, 6.45) is 2.41. The maximum Gasteiger partial charge on any atom is 0.243 e. The van der Waals surface area contributed by atoms with Gasteiger partial charge in [-0.3, -0.25) is 0 Å². The molecule has 0 saturated heterocycles. The molecule has 0 unspecified atom stereocenters. The van der Waals surface area contributed by atoms with Crippen LogP contribution in [0.5, 0.6) is 0 Å².